The average molecular weight is 300 g/mol. The summed E-state index contributed by atoms with van der Waals surface area (Å²) in [5, 5.41) is 15.6. The summed E-state index contributed by atoms with van der Waals surface area (Å²) in [4.78, 5) is 11.0. The molecule has 1 fully saturated rings. The van der Waals surface area contributed by atoms with Gasteiger partial charge >= 0.3 is 5.97 Å². The topological polar surface area (TPSA) is 75.2 Å². The van der Waals surface area contributed by atoms with Crippen LogP contribution in [0.4, 0.5) is 0 Å². The molecule has 1 aliphatic rings. The van der Waals surface area contributed by atoms with Crippen LogP contribution < -0.4 is 4.74 Å². The first kappa shape index (κ1) is 14.6. The molecular weight excluding hydrogens is 280 g/mol. The number of hydrogen-bond acceptors (Lipinski definition) is 3. The van der Waals surface area contributed by atoms with E-state index in [9.17, 15) is 4.79 Å². The number of carbonyl (C=O) groups is 1. The van der Waals surface area contributed by atoms with Gasteiger partial charge in [0, 0.05) is 5.56 Å². The third kappa shape index (κ3) is 2.84. The first-order valence-corrected chi connectivity index (χ1v) is 7.66. The fourth-order valence-electron chi connectivity index (χ4n) is 3.21. The molecule has 5 heteroatoms. The number of aromatic carboxylic acids is 1. The Morgan fingerprint density at radius 2 is 2.05 bits per heavy atom. The van der Waals surface area contributed by atoms with Crippen LogP contribution in [0.5, 0.6) is 5.75 Å². The molecule has 2 aromatic rings. The molecule has 0 spiro atoms. The molecule has 0 radical (unpaired) electrons. The molecule has 0 aliphatic heterocycles. The predicted molar refractivity (Wildman–Crippen MR) is 83.4 cm³/mol. The molecule has 0 unspecified atom stereocenters. The van der Waals surface area contributed by atoms with Crippen LogP contribution in [0.1, 0.15) is 54.1 Å². The summed E-state index contributed by atoms with van der Waals surface area (Å²) in [7, 11) is 1.69. The first-order chi connectivity index (χ1) is 10.7. The summed E-state index contributed by atoms with van der Waals surface area (Å²) in [6, 6.07) is 7.53. The van der Waals surface area contributed by atoms with E-state index in [0.29, 0.717) is 11.6 Å². The van der Waals surface area contributed by atoms with Gasteiger partial charge in [0.2, 0.25) is 0 Å². The number of benzene rings is 1. The lowest BCUT2D eigenvalue weighted by molar-refractivity contribution is 0.0690. The van der Waals surface area contributed by atoms with Crippen molar-refractivity contribution < 1.29 is 14.6 Å². The first-order valence-electron chi connectivity index (χ1n) is 7.66. The highest BCUT2D eigenvalue weighted by molar-refractivity contribution is 5.86. The van der Waals surface area contributed by atoms with Gasteiger partial charge in [-0.05, 0) is 48.6 Å². The lowest BCUT2D eigenvalue weighted by atomic mass is 9.83. The van der Waals surface area contributed by atoms with Gasteiger partial charge in [-0.1, -0.05) is 19.3 Å². The molecular formula is C17H20N2O3. The van der Waals surface area contributed by atoms with Crippen molar-refractivity contribution in [3.63, 3.8) is 0 Å². The van der Waals surface area contributed by atoms with Crippen molar-refractivity contribution in [3.05, 3.63) is 35.5 Å². The molecule has 116 valence electrons. The maximum atomic E-state index is 11.0. The average Bonchev–Trinajstić information content (AvgIpc) is 3.05. The quantitative estimate of drug-likeness (QED) is 0.899. The summed E-state index contributed by atoms with van der Waals surface area (Å²) in [5.41, 5.74) is 2.88. The maximum Gasteiger partial charge on any atom is 0.353 e. The van der Waals surface area contributed by atoms with Crippen LogP contribution in [0.15, 0.2) is 24.3 Å². The summed E-state index contributed by atoms with van der Waals surface area (Å²) < 4.78 is 5.51. The molecule has 1 aromatic carbocycles. The van der Waals surface area contributed by atoms with Gasteiger partial charge in [0.1, 0.15) is 11.4 Å². The van der Waals surface area contributed by atoms with Gasteiger partial charge in [-0.2, -0.15) is 5.10 Å². The van der Waals surface area contributed by atoms with E-state index in [2.05, 4.69) is 16.3 Å². The molecule has 2 N–H and O–H groups in total. The number of carboxylic acid groups (broad SMARTS) is 1. The van der Waals surface area contributed by atoms with Gasteiger partial charge in [-0.25, -0.2) is 4.79 Å². The number of hydrogen-bond donors (Lipinski definition) is 2. The maximum absolute atomic E-state index is 11.0. The third-order valence-corrected chi connectivity index (χ3v) is 4.38. The van der Waals surface area contributed by atoms with Gasteiger partial charge in [-0.15, -0.1) is 0 Å². The highest BCUT2D eigenvalue weighted by Crippen LogP contribution is 2.39. The van der Waals surface area contributed by atoms with E-state index in [4.69, 9.17) is 9.84 Å². The molecule has 3 rings (SSSR count). The van der Waals surface area contributed by atoms with E-state index >= 15 is 0 Å². The minimum atomic E-state index is -1.00. The summed E-state index contributed by atoms with van der Waals surface area (Å²) >= 11 is 0. The molecule has 0 saturated heterocycles. The molecule has 22 heavy (non-hydrogen) atoms. The Balaban J connectivity index is 1.96. The molecule has 1 heterocycles. The Kier molecular flexibility index (Phi) is 4.13. The third-order valence-electron chi connectivity index (χ3n) is 4.38. The van der Waals surface area contributed by atoms with Crippen molar-refractivity contribution in [1.82, 2.24) is 10.2 Å². The van der Waals surface area contributed by atoms with Crippen LogP contribution in [-0.4, -0.2) is 28.4 Å². The predicted octanol–water partition coefficient (Wildman–Crippen LogP) is 3.83. The molecule has 0 amide bonds. The van der Waals surface area contributed by atoms with Crippen molar-refractivity contribution in [1.29, 1.82) is 0 Å². The van der Waals surface area contributed by atoms with Crippen LogP contribution in [-0.2, 0) is 0 Å². The summed E-state index contributed by atoms with van der Waals surface area (Å²) in [6.45, 7) is 0. The number of aromatic amines is 1. The SMILES string of the molecule is COc1ccc(-c2cc(C(=O)O)[nH]n2)cc1C1CCCCC1. The number of rotatable bonds is 4. The minimum Gasteiger partial charge on any atom is -0.496 e. The van der Waals surface area contributed by atoms with Crippen molar-refractivity contribution in [3.8, 4) is 17.0 Å². The fraction of sp³-hybridized carbons (Fsp3) is 0.412. The smallest absolute Gasteiger partial charge is 0.353 e. The Labute approximate surface area is 129 Å². The van der Waals surface area contributed by atoms with Crippen molar-refractivity contribution in [2.45, 2.75) is 38.0 Å². The number of H-pyrrole nitrogens is 1. The summed E-state index contributed by atoms with van der Waals surface area (Å²) in [6.07, 6.45) is 6.18. The van der Waals surface area contributed by atoms with E-state index in [1.54, 1.807) is 13.2 Å². The minimum absolute atomic E-state index is 0.102. The van der Waals surface area contributed by atoms with Gasteiger partial charge in [-0.3, -0.25) is 5.10 Å². The zero-order chi connectivity index (χ0) is 15.5. The molecule has 1 aliphatic carbocycles. The van der Waals surface area contributed by atoms with Crippen LogP contribution >= 0.6 is 0 Å². The number of aromatic nitrogens is 2. The second-order valence-electron chi connectivity index (χ2n) is 5.76. The number of carboxylic acids is 1. The lowest BCUT2D eigenvalue weighted by Gasteiger charge is -2.24. The Morgan fingerprint density at radius 3 is 2.68 bits per heavy atom. The van der Waals surface area contributed by atoms with Gasteiger partial charge < -0.3 is 9.84 Å². The lowest BCUT2D eigenvalue weighted by Crippen LogP contribution is -2.06. The zero-order valence-electron chi connectivity index (χ0n) is 12.6. The van der Waals surface area contributed by atoms with Gasteiger partial charge in [0.15, 0.2) is 0 Å². The molecule has 1 aromatic heterocycles. The van der Waals surface area contributed by atoms with E-state index < -0.39 is 5.97 Å². The molecule has 1 saturated carbocycles. The molecule has 0 atom stereocenters. The van der Waals surface area contributed by atoms with Crippen LogP contribution in [0.25, 0.3) is 11.3 Å². The number of ether oxygens (including phenoxy) is 1. The van der Waals surface area contributed by atoms with E-state index in [-0.39, 0.29) is 5.69 Å². The Morgan fingerprint density at radius 1 is 1.27 bits per heavy atom. The second-order valence-corrected chi connectivity index (χ2v) is 5.76. The largest absolute Gasteiger partial charge is 0.496 e. The highest BCUT2D eigenvalue weighted by atomic mass is 16.5. The number of methoxy groups -OCH3 is 1. The van der Waals surface area contributed by atoms with Crippen LogP contribution in [0, 0.1) is 0 Å². The standard InChI is InChI=1S/C17H20N2O3/c1-22-16-8-7-12(14-10-15(17(20)21)19-18-14)9-13(16)11-5-3-2-4-6-11/h7-11H,2-6H2,1H3,(H,18,19)(H,20,21). The van der Waals surface area contributed by atoms with Crippen LogP contribution in [0.3, 0.4) is 0 Å². The van der Waals surface area contributed by atoms with Crippen LogP contribution in [0.2, 0.25) is 0 Å². The van der Waals surface area contributed by atoms with Crippen molar-refractivity contribution >= 4 is 5.97 Å². The molecule has 5 nitrogen and oxygen atoms in total. The monoisotopic (exact) mass is 300 g/mol. The van der Waals surface area contributed by atoms with E-state index in [1.807, 2.05) is 12.1 Å². The van der Waals surface area contributed by atoms with Crippen molar-refractivity contribution in [2.24, 2.45) is 0 Å². The number of nitrogens with one attached hydrogen (secondary N) is 1. The number of nitrogens with zero attached hydrogens (tertiary/aromatic N) is 1. The van der Waals surface area contributed by atoms with E-state index in [1.165, 1.54) is 37.7 Å². The van der Waals surface area contributed by atoms with E-state index in [0.717, 1.165) is 11.3 Å². The summed E-state index contributed by atoms with van der Waals surface area (Å²) in [5.74, 6) is 0.422. The zero-order valence-corrected chi connectivity index (χ0v) is 12.6. The fourth-order valence-corrected chi connectivity index (χ4v) is 3.21. The Hall–Kier alpha value is -2.30. The normalized spacial score (nSPS) is 15.7. The highest BCUT2D eigenvalue weighted by Gasteiger charge is 2.20. The Bertz CT molecular complexity index is 672. The molecule has 0 bridgehead atoms. The second kappa shape index (κ2) is 6.22. The van der Waals surface area contributed by atoms with Crippen molar-refractivity contribution in [2.75, 3.05) is 7.11 Å². The van der Waals surface area contributed by atoms with Gasteiger partial charge in [0.25, 0.3) is 0 Å². The van der Waals surface area contributed by atoms with Gasteiger partial charge in [0.05, 0.1) is 12.8 Å².